The fraction of sp³-hybridized carbons (Fsp3) is 0.588. The van der Waals surface area contributed by atoms with Crippen LogP contribution in [0.2, 0.25) is 0 Å². The highest BCUT2D eigenvalue weighted by Gasteiger charge is 2.37. The second-order valence-electron chi connectivity index (χ2n) is 5.95. The van der Waals surface area contributed by atoms with Crippen LogP contribution in [0.1, 0.15) is 30.0 Å². The predicted molar refractivity (Wildman–Crippen MR) is 82.3 cm³/mol. The maximum absolute atomic E-state index is 11.4. The van der Waals surface area contributed by atoms with Gasteiger partial charge in [-0.15, -0.1) is 0 Å². The molecule has 2 rings (SSSR count). The molecule has 21 heavy (non-hydrogen) atoms. The molecule has 2 unspecified atom stereocenters. The van der Waals surface area contributed by atoms with Crippen molar-refractivity contribution < 1.29 is 14.6 Å². The largest absolute Gasteiger partial charge is 0.481 e. The SMILES string of the molecule is CCCN(Cc1cc(C)ccc1C)C1COCC1C(=O)O. The van der Waals surface area contributed by atoms with Crippen molar-refractivity contribution in [3.63, 3.8) is 0 Å². The molecule has 116 valence electrons. The van der Waals surface area contributed by atoms with E-state index in [1.807, 2.05) is 0 Å². The van der Waals surface area contributed by atoms with E-state index in [1.54, 1.807) is 0 Å². The molecule has 0 spiro atoms. The molecular formula is C17H25NO3. The van der Waals surface area contributed by atoms with Crippen LogP contribution < -0.4 is 0 Å². The van der Waals surface area contributed by atoms with Gasteiger partial charge in [-0.1, -0.05) is 30.7 Å². The van der Waals surface area contributed by atoms with E-state index in [4.69, 9.17) is 4.74 Å². The summed E-state index contributed by atoms with van der Waals surface area (Å²) in [5.41, 5.74) is 3.77. The molecule has 0 saturated carbocycles. The minimum atomic E-state index is -0.750. The molecule has 0 aliphatic carbocycles. The minimum Gasteiger partial charge on any atom is -0.481 e. The Hall–Kier alpha value is -1.39. The molecular weight excluding hydrogens is 266 g/mol. The average Bonchev–Trinajstić information content (AvgIpc) is 2.91. The van der Waals surface area contributed by atoms with Gasteiger partial charge in [0.05, 0.1) is 19.1 Å². The highest BCUT2D eigenvalue weighted by molar-refractivity contribution is 5.71. The van der Waals surface area contributed by atoms with Crippen LogP contribution in [0.5, 0.6) is 0 Å². The van der Waals surface area contributed by atoms with Gasteiger partial charge in [0.15, 0.2) is 0 Å². The van der Waals surface area contributed by atoms with Gasteiger partial charge in [-0.3, -0.25) is 9.69 Å². The van der Waals surface area contributed by atoms with E-state index in [9.17, 15) is 9.90 Å². The number of aryl methyl sites for hydroxylation is 2. The van der Waals surface area contributed by atoms with Crippen molar-refractivity contribution in [3.05, 3.63) is 34.9 Å². The van der Waals surface area contributed by atoms with Gasteiger partial charge in [0.1, 0.15) is 0 Å². The summed E-state index contributed by atoms with van der Waals surface area (Å²) in [5.74, 6) is -1.17. The van der Waals surface area contributed by atoms with Gasteiger partial charge in [0.2, 0.25) is 0 Å². The van der Waals surface area contributed by atoms with Gasteiger partial charge < -0.3 is 9.84 Å². The zero-order chi connectivity index (χ0) is 15.4. The smallest absolute Gasteiger partial charge is 0.310 e. The van der Waals surface area contributed by atoms with Crippen LogP contribution in [0.4, 0.5) is 0 Å². The molecule has 1 aromatic carbocycles. The van der Waals surface area contributed by atoms with Gasteiger partial charge in [-0.25, -0.2) is 0 Å². The molecule has 1 aliphatic rings. The van der Waals surface area contributed by atoms with E-state index in [0.29, 0.717) is 13.2 Å². The topological polar surface area (TPSA) is 49.8 Å². The first kappa shape index (κ1) is 16.0. The van der Waals surface area contributed by atoms with E-state index >= 15 is 0 Å². The molecule has 1 N–H and O–H groups in total. The summed E-state index contributed by atoms with van der Waals surface area (Å²) in [6.45, 7) is 8.85. The molecule has 0 aromatic heterocycles. The van der Waals surface area contributed by atoms with Crippen molar-refractivity contribution >= 4 is 5.97 Å². The second-order valence-corrected chi connectivity index (χ2v) is 5.95. The van der Waals surface area contributed by atoms with Crippen LogP contribution >= 0.6 is 0 Å². The molecule has 4 heteroatoms. The zero-order valence-electron chi connectivity index (χ0n) is 13.1. The molecule has 4 nitrogen and oxygen atoms in total. The van der Waals surface area contributed by atoms with Gasteiger partial charge in [-0.2, -0.15) is 0 Å². The van der Waals surface area contributed by atoms with Crippen LogP contribution in [-0.4, -0.2) is 41.8 Å². The summed E-state index contributed by atoms with van der Waals surface area (Å²) in [6.07, 6.45) is 1.01. The molecule has 1 aromatic rings. The third-order valence-corrected chi connectivity index (χ3v) is 4.23. The predicted octanol–water partition coefficient (Wildman–Crippen LogP) is 2.62. The van der Waals surface area contributed by atoms with Crippen molar-refractivity contribution in [2.75, 3.05) is 19.8 Å². The fourth-order valence-corrected chi connectivity index (χ4v) is 2.98. The second kappa shape index (κ2) is 7.05. The number of hydrogen-bond donors (Lipinski definition) is 1. The standard InChI is InChI=1S/C17H25NO3/c1-4-7-18(16-11-21-10-15(16)17(19)20)9-14-8-12(2)5-6-13(14)3/h5-6,8,15-16H,4,7,9-11H2,1-3H3,(H,19,20). The first-order valence-corrected chi connectivity index (χ1v) is 7.63. The Bertz CT molecular complexity index is 501. The summed E-state index contributed by atoms with van der Waals surface area (Å²) in [6, 6.07) is 6.42. The number of carboxylic acids is 1. The summed E-state index contributed by atoms with van der Waals surface area (Å²) >= 11 is 0. The lowest BCUT2D eigenvalue weighted by molar-refractivity contribution is -0.143. The Morgan fingerprint density at radius 1 is 1.38 bits per heavy atom. The zero-order valence-corrected chi connectivity index (χ0v) is 13.1. The molecule has 1 fully saturated rings. The minimum absolute atomic E-state index is 0.0256. The van der Waals surface area contributed by atoms with E-state index in [0.717, 1.165) is 19.5 Å². The van der Waals surface area contributed by atoms with Crippen molar-refractivity contribution in [2.24, 2.45) is 5.92 Å². The molecule has 1 saturated heterocycles. The number of aliphatic carboxylic acids is 1. The van der Waals surface area contributed by atoms with E-state index in [-0.39, 0.29) is 6.04 Å². The summed E-state index contributed by atoms with van der Waals surface area (Å²) in [7, 11) is 0. The van der Waals surface area contributed by atoms with Crippen molar-refractivity contribution in [3.8, 4) is 0 Å². The third kappa shape index (κ3) is 3.83. The molecule has 1 heterocycles. The molecule has 1 aliphatic heterocycles. The summed E-state index contributed by atoms with van der Waals surface area (Å²) in [5, 5.41) is 9.36. The van der Waals surface area contributed by atoms with Crippen LogP contribution in [0.25, 0.3) is 0 Å². The number of benzene rings is 1. The Balaban J connectivity index is 2.18. The Morgan fingerprint density at radius 3 is 2.81 bits per heavy atom. The summed E-state index contributed by atoms with van der Waals surface area (Å²) < 4.78 is 5.43. The quantitative estimate of drug-likeness (QED) is 0.875. The van der Waals surface area contributed by atoms with Crippen molar-refractivity contribution in [2.45, 2.75) is 39.8 Å². The maximum atomic E-state index is 11.4. The lowest BCUT2D eigenvalue weighted by Crippen LogP contribution is -2.43. The van der Waals surface area contributed by atoms with Crippen LogP contribution in [0, 0.1) is 19.8 Å². The number of carbonyl (C=O) groups is 1. The monoisotopic (exact) mass is 291 g/mol. The van der Waals surface area contributed by atoms with Gasteiger partial charge in [0, 0.05) is 12.6 Å². The molecule has 2 atom stereocenters. The van der Waals surface area contributed by atoms with Gasteiger partial charge >= 0.3 is 5.97 Å². The van der Waals surface area contributed by atoms with Crippen LogP contribution in [0.3, 0.4) is 0 Å². The highest BCUT2D eigenvalue weighted by atomic mass is 16.5. The fourth-order valence-electron chi connectivity index (χ4n) is 2.98. The van der Waals surface area contributed by atoms with E-state index in [1.165, 1.54) is 16.7 Å². The summed E-state index contributed by atoms with van der Waals surface area (Å²) in [4.78, 5) is 13.7. The average molecular weight is 291 g/mol. The lowest BCUT2D eigenvalue weighted by atomic mass is 9.99. The highest BCUT2D eigenvalue weighted by Crippen LogP contribution is 2.23. The van der Waals surface area contributed by atoms with E-state index < -0.39 is 11.9 Å². The number of carboxylic acid groups (broad SMARTS) is 1. The first-order chi connectivity index (χ1) is 10.0. The molecule has 0 bridgehead atoms. The number of rotatable bonds is 6. The van der Waals surface area contributed by atoms with Crippen LogP contribution in [0.15, 0.2) is 18.2 Å². The van der Waals surface area contributed by atoms with Gasteiger partial charge in [-0.05, 0) is 37.9 Å². The van der Waals surface area contributed by atoms with E-state index in [2.05, 4.69) is 43.9 Å². The Morgan fingerprint density at radius 2 is 2.14 bits per heavy atom. The maximum Gasteiger partial charge on any atom is 0.310 e. The van der Waals surface area contributed by atoms with Gasteiger partial charge in [0.25, 0.3) is 0 Å². The number of hydrogen-bond acceptors (Lipinski definition) is 3. The van der Waals surface area contributed by atoms with Crippen molar-refractivity contribution in [1.82, 2.24) is 4.90 Å². The number of nitrogens with zero attached hydrogens (tertiary/aromatic N) is 1. The Kier molecular flexibility index (Phi) is 5.37. The van der Waals surface area contributed by atoms with Crippen LogP contribution in [-0.2, 0) is 16.1 Å². The lowest BCUT2D eigenvalue weighted by Gasteiger charge is -2.30. The molecule has 0 radical (unpaired) electrons. The third-order valence-electron chi connectivity index (χ3n) is 4.23. The molecule has 0 amide bonds. The Labute approximate surface area is 126 Å². The number of ether oxygens (including phenoxy) is 1. The normalized spacial score (nSPS) is 21.9. The first-order valence-electron chi connectivity index (χ1n) is 7.63. The van der Waals surface area contributed by atoms with Crippen molar-refractivity contribution in [1.29, 1.82) is 0 Å².